The van der Waals surface area contributed by atoms with E-state index in [0.29, 0.717) is 18.7 Å². The molecule has 0 saturated carbocycles. The highest BCUT2D eigenvalue weighted by Crippen LogP contribution is 2.29. The minimum Gasteiger partial charge on any atom is -0.508 e. The number of ether oxygens (including phenoxy) is 1. The fourth-order valence-electron chi connectivity index (χ4n) is 3.88. The summed E-state index contributed by atoms with van der Waals surface area (Å²) in [6, 6.07) is 24.5. The van der Waals surface area contributed by atoms with Gasteiger partial charge < -0.3 is 20.1 Å². The summed E-state index contributed by atoms with van der Waals surface area (Å²) in [7, 11) is 0. The van der Waals surface area contributed by atoms with Gasteiger partial charge >= 0.3 is 0 Å². The number of hydrogen-bond acceptors (Lipinski definition) is 5. The number of phenols is 1. The van der Waals surface area contributed by atoms with Gasteiger partial charge in [0.1, 0.15) is 18.1 Å². The number of hydrogen-bond donors (Lipinski definition) is 2. The Hall–Kier alpha value is -3.51. The molecule has 1 aliphatic heterocycles. The second-order valence-electron chi connectivity index (χ2n) is 7.88. The molecule has 4 rings (SSSR count). The van der Waals surface area contributed by atoms with E-state index in [9.17, 15) is 9.90 Å². The zero-order valence-corrected chi connectivity index (χ0v) is 18.1. The summed E-state index contributed by atoms with van der Waals surface area (Å²) in [6.45, 7) is 5.55. The van der Waals surface area contributed by atoms with Gasteiger partial charge in [0.05, 0.1) is 5.69 Å². The molecule has 3 aromatic carbocycles. The zero-order chi connectivity index (χ0) is 22.2. The van der Waals surface area contributed by atoms with Crippen LogP contribution in [0.15, 0.2) is 78.9 Å². The lowest BCUT2D eigenvalue weighted by molar-refractivity contribution is 0.0947. The first-order valence-corrected chi connectivity index (χ1v) is 11.0. The van der Waals surface area contributed by atoms with Crippen molar-refractivity contribution in [2.45, 2.75) is 6.61 Å². The van der Waals surface area contributed by atoms with E-state index in [4.69, 9.17) is 4.74 Å². The Labute approximate surface area is 189 Å². The van der Waals surface area contributed by atoms with Crippen LogP contribution in [0.2, 0.25) is 0 Å². The van der Waals surface area contributed by atoms with Crippen LogP contribution in [0.25, 0.3) is 0 Å². The molecule has 1 amide bonds. The number of nitrogens with zero attached hydrogens (tertiary/aromatic N) is 2. The summed E-state index contributed by atoms with van der Waals surface area (Å²) in [5.41, 5.74) is 2.71. The highest BCUT2D eigenvalue weighted by molar-refractivity contribution is 5.94. The van der Waals surface area contributed by atoms with Crippen LogP contribution in [0.1, 0.15) is 15.9 Å². The second-order valence-corrected chi connectivity index (χ2v) is 7.88. The first kappa shape index (κ1) is 21.7. The Morgan fingerprint density at radius 2 is 1.66 bits per heavy atom. The van der Waals surface area contributed by atoms with Crippen LogP contribution in [0, 0.1) is 0 Å². The molecule has 32 heavy (non-hydrogen) atoms. The van der Waals surface area contributed by atoms with Crippen LogP contribution in [0.5, 0.6) is 11.5 Å². The summed E-state index contributed by atoms with van der Waals surface area (Å²) in [5.74, 6) is 1.07. The van der Waals surface area contributed by atoms with Gasteiger partial charge in [0, 0.05) is 44.8 Å². The summed E-state index contributed by atoms with van der Waals surface area (Å²) in [6.07, 6.45) is 0. The molecule has 1 aliphatic rings. The quantitative estimate of drug-likeness (QED) is 0.571. The third-order valence-electron chi connectivity index (χ3n) is 5.63. The van der Waals surface area contributed by atoms with Gasteiger partial charge in [0.25, 0.3) is 5.91 Å². The molecule has 0 bridgehead atoms. The first-order chi connectivity index (χ1) is 15.7. The second kappa shape index (κ2) is 10.7. The van der Waals surface area contributed by atoms with Gasteiger partial charge in [-0.15, -0.1) is 0 Å². The SMILES string of the molecule is O=C(NCCN1CCN(c2ccccc2OCc2cccc(O)c2)CC1)c1ccccc1. The minimum atomic E-state index is -0.0259. The maximum absolute atomic E-state index is 12.2. The predicted octanol–water partition coefficient (Wildman–Crippen LogP) is 3.52. The number of piperazine rings is 1. The number of carbonyl (C=O) groups excluding carboxylic acids is 1. The van der Waals surface area contributed by atoms with Gasteiger partial charge in [-0.2, -0.15) is 0 Å². The number of anilines is 1. The van der Waals surface area contributed by atoms with Gasteiger partial charge in [-0.3, -0.25) is 9.69 Å². The highest BCUT2D eigenvalue weighted by Gasteiger charge is 2.19. The number of amides is 1. The van der Waals surface area contributed by atoms with E-state index >= 15 is 0 Å². The van der Waals surface area contributed by atoms with Gasteiger partial charge in [0.2, 0.25) is 0 Å². The first-order valence-electron chi connectivity index (χ1n) is 11.0. The topological polar surface area (TPSA) is 65.0 Å². The summed E-state index contributed by atoms with van der Waals surface area (Å²) >= 11 is 0. The van der Waals surface area contributed by atoms with E-state index in [1.165, 1.54) is 0 Å². The molecule has 0 atom stereocenters. The van der Waals surface area contributed by atoms with E-state index in [1.807, 2.05) is 60.7 Å². The molecule has 1 fully saturated rings. The molecule has 0 aromatic heterocycles. The Morgan fingerprint density at radius 1 is 0.906 bits per heavy atom. The van der Waals surface area contributed by atoms with Gasteiger partial charge in [-0.05, 0) is 42.0 Å². The van der Waals surface area contributed by atoms with E-state index in [-0.39, 0.29) is 11.7 Å². The molecule has 0 radical (unpaired) electrons. The molecule has 0 spiro atoms. The van der Waals surface area contributed by atoms with Crippen molar-refractivity contribution in [3.63, 3.8) is 0 Å². The molecule has 0 unspecified atom stereocenters. The lowest BCUT2D eigenvalue weighted by Crippen LogP contribution is -2.48. The third-order valence-corrected chi connectivity index (χ3v) is 5.63. The number of para-hydroxylation sites is 2. The molecule has 2 N–H and O–H groups in total. The third kappa shape index (κ3) is 5.80. The lowest BCUT2D eigenvalue weighted by atomic mass is 10.2. The Morgan fingerprint density at radius 3 is 2.44 bits per heavy atom. The van der Waals surface area contributed by atoms with Crippen LogP contribution >= 0.6 is 0 Å². The zero-order valence-electron chi connectivity index (χ0n) is 18.1. The molecule has 1 heterocycles. The van der Waals surface area contributed by atoms with Crippen molar-refractivity contribution in [3.05, 3.63) is 90.0 Å². The largest absolute Gasteiger partial charge is 0.508 e. The Balaban J connectivity index is 1.25. The molecule has 0 aliphatic carbocycles. The van der Waals surface area contributed by atoms with Crippen LogP contribution in [-0.2, 0) is 6.61 Å². The molecule has 1 saturated heterocycles. The standard InChI is InChI=1S/C26H29N3O3/c30-23-10-6-7-21(19-23)20-32-25-12-5-4-11-24(25)29-17-15-28(16-18-29)14-13-27-26(31)22-8-2-1-3-9-22/h1-12,19,30H,13-18,20H2,(H,27,31). The van der Waals surface area contributed by atoms with Crippen molar-refractivity contribution in [1.82, 2.24) is 10.2 Å². The van der Waals surface area contributed by atoms with E-state index in [1.54, 1.807) is 12.1 Å². The van der Waals surface area contributed by atoms with Crippen molar-refractivity contribution in [2.75, 3.05) is 44.2 Å². The van der Waals surface area contributed by atoms with Crippen molar-refractivity contribution in [3.8, 4) is 11.5 Å². The molecule has 3 aromatic rings. The average molecular weight is 432 g/mol. The van der Waals surface area contributed by atoms with Crippen LogP contribution in [0.4, 0.5) is 5.69 Å². The van der Waals surface area contributed by atoms with Crippen molar-refractivity contribution in [1.29, 1.82) is 0 Å². The highest BCUT2D eigenvalue weighted by atomic mass is 16.5. The summed E-state index contributed by atoms with van der Waals surface area (Å²) in [5, 5.41) is 12.7. The number of phenolic OH excluding ortho intramolecular Hbond substituents is 1. The summed E-state index contributed by atoms with van der Waals surface area (Å²) in [4.78, 5) is 16.9. The number of aromatic hydroxyl groups is 1. The number of benzene rings is 3. The van der Waals surface area contributed by atoms with Crippen molar-refractivity contribution >= 4 is 11.6 Å². The normalized spacial score (nSPS) is 14.2. The van der Waals surface area contributed by atoms with E-state index < -0.39 is 0 Å². The van der Waals surface area contributed by atoms with Crippen molar-refractivity contribution in [2.24, 2.45) is 0 Å². The van der Waals surface area contributed by atoms with Crippen LogP contribution in [-0.4, -0.2) is 55.2 Å². The molecular formula is C26H29N3O3. The maximum Gasteiger partial charge on any atom is 0.251 e. The molecule has 166 valence electrons. The number of nitrogens with one attached hydrogen (secondary N) is 1. The van der Waals surface area contributed by atoms with Crippen LogP contribution < -0.4 is 15.0 Å². The maximum atomic E-state index is 12.2. The lowest BCUT2D eigenvalue weighted by Gasteiger charge is -2.36. The van der Waals surface area contributed by atoms with E-state index in [0.717, 1.165) is 49.7 Å². The monoisotopic (exact) mass is 431 g/mol. The fourth-order valence-corrected chi connectivity index (χ4v) is 3.88. The Bertz CT molecular complexity index is 1020. The molecular weight excluding hydrogens is 402 g/mol. The minimum absolute atomic E-state index is 0.0259. The van der Waals surface area contributed by atoms with Gasteiger partial charge in [-0.1, -0.05) is 42.5 Å². The van der Waals surface area contributed by atoms with E-state index in [2.05, 4.69) is 21.2 Å². The number of rotatable bonds is 8. The predicted molar refractivity (Wildman–Crippen MR) is 126 cm³/mol. The molecule has 6 nitrogen and oxygen atoms in total. The van der Waals surface area contributed by atoms with Crippen LogP contribution in [0.3, 0.4) is 0 Å². The molecule has 6 heteroatoms. The fraction of sp³-hybridized carbons (Fsp3) is 0.269. The number of carbonyl (C=O) groups is 1. The van der Waals surface area contributed by atoms with Crippen molar-refractivity contribution < 1.29 is 14.6 Å². The smallest absolute Gasteiger partial charge is 0.251 e. The average Bonchev–Trinajstić information content (AvgIpc) is 2.84. The summed E-state index contributed by atoms with van der Waals surface area (Å²) < 4.78 is 6.08. The van der Waals surface area contributed by atoms with Gasteiger partial charge in [-0.25, -0.2) is 0 Å². The Kier molecular flexibility index (Phi) is 7.25. The van der Waals surface area contributed by atoms with Gasteiger partial charge in [0.15, 0.2) is 0 Å².